The van der Waals surface area contributed by atoms with Crippen LogP contribution in [0.2, 0.25) is 0 Å². The zero-order valence-electron chi connectivity index (χ0n) is 20.4. The van der Waals surface area contributed by atoms with Gasteiger partial charge in [-0.05, 0) is 37.4 Å². The largest absolute Gasteiger partial charge is 0.465 e. The Morgan fingerprint density at radius 3 is 2.22 bits per heavy atom. The molecule has 11 heteroatoms. The molecule has 0 radical (unpaired) electrons. The SMILES string of the molecule is CN1CCN(c2cc(F)cc3c(=O)cc(C(=O)Nc4ccc(N5CCN(C(=O)O)CC5)cc4)oc23)CC1. The van der Waals surface area contributed by atoms with Crippen molar-refractivity contribution in [3.05, 3.63) is 64.3 Å². The third-order valence-electron chi connectivity index (χ3n) is 6.88. The molecule has 2 aliphatic rings. The van der Waals surface area contributed by atoms with Gasteiger partial charge in [-0.3, -0.25) is 9.59 Å². The molecule has 2 saturated heterocycles. The molecule has 0 unspecified atom stereocenters. The number of hydrogen-bond acceptors (Lipinski definition) is 7. The van der Waals surface area contributed by atoms with Gasteiger partial charge in [-0.2, -0.15) is 0 Å². The fourth-order valence-corrected chi connectivity index (χ4v) is 4.70. The van der Waals surface area contributed by atoms with E-state index in [9.17, 15) is 18.8 Å². The first-order valence-corrected chi connectivity index (χ1v) is 12.1. The molecule has 5 rings (SSSR count). The smallest absolute Gasteiger partial charge is 0.407 e. The standard InChI is InChI=1S/C26H28FN5O5/c1-29-6-8-31(9-7-29)21-15-17(27)14-20-22(33)16-23(37-24(20)21)25(34)28-18-2-4-19(5-3-18)30-10-12-32(13-11-30)26(35)36/h2-5,14-16H,6-13H2,1H3,(H,28,34)(H,35,36). The number of anilines is 3. The Kier molecular flexibility index (Phi) is 6.70. The molecule has 2 aromatic carbocycles. The van der Waals surface area contributed by atoms with Crippen LogP contribution in [0.1, 0.15) is 10.6 Å². The number of rotatable bonds is 4. The van der Waals surface area contributed by atoms with Crippen LogP contribution in [0.15, 0.2) is 51.7 Å². The van der Waals surface area contributed by atoms with Gasteiger partial charge in [-0.15, -0.1) is 0 Å². The maximum absolute atomic E-state index is 14.3. The van der Waals surface area contributed by atoms with Crippen LogP contribution in [0.25, 0.3) is 11.0 Å². The minimum Gasteiger partial charge on any atom is -0.465 e. The molecule has 2 fully saturated rings. The Bertz CT molecular complexity index is 1380. The van der Waals surface area contributed by atoms with Crippen LogP contribution in [0.5, 0.6) is 0 Å². The lowest BCUT2D eigenvalue weighted by atomic mass is 10.1. The third kappa shape index (κ3) is 5.21. The van der Waals surface area contributed by atoms with Crippen LogP contribution in [-0.4, -0.2) is 86.3 Å². The van der Waals surface area contributed by atoms with E-state index in [1.54, 1.807) is 12.1 Å². The lowest BCUT2D eigenvalue weighted by Crippen LogP contribution is -2.48. The Morgan fingerprint density at radius 1 is 0.919 bits per heavy atom. The van der Waals surface area contributed by atoms with Crippen LogP contribution < -0.4 is 20.5 Å². The van der Waals surface area contributed by atoms with Crippen LogP contribution in [-0.2, 0) is 0 Å². The van der Waals surface area contributed by atoms with Crippen LogP contribution >= 0.6 is 0 Å². The van der Waals surface area contributed by atoms with E-state index in [2.05, 4.69) is 15.1 Å². The summed E-state index contributed by atoms with van der Waals surface area (Å²) >= 11 is 0. The number of fused-ring (bicyclic) bond motifs is 1. The predicted octanol–water partition coefficient (Wildman–Crippen LogP) is 2.74. The monoisotopic (exact) mass is 509 g/mol. The summed E-state index contributed by atoms with van der Waals surface area (Å²) < 4.78 is 20.2. The van der Waals surface area contributed by atoms with E-state index in [1.165, 1.54) is 11.0 Å². The van der Waals surface area contributed by atoms with E-state index < -0.39 is 23.2 Å². The van der Waals surface area contributed by atoms with Gasteiger partial charge in [0, 0.05) is 75.9 Å². The first kappa shape index (κ1) is 24.6. The summed E-state index contributed by atoms with van der Waals surface area (Å²) in [6.45, 7) is 4.87. The van der Waals surface area contributed by atoms with Crippen molar-refractivity contribution in [1.29, 1.82) is 0 Å². The summed E-state index contributed by atoms with van der Waals surface area (Å²) in [6.07, 6.45) is -0.918. The summed E-state index contributed by atoms with van der Waals surface area (Å²) in [6, 6.07) is 10.7. The van der Waals surface area contributed by atoms with Crippen LogP contribution in [0.3, 0.4) is 0 Å². The average Bonchev–Trinajstić information content (AvgIpc) is 2.89. The predicted molar refractivity (Wildman–Crippen MR) is 138 cm³/mol. The van der Waals surface area contributed by atoms with Crippen molar-refractivity contribution in [1.82, 2.24) is 9.80 Å². The van der Waals surface area contributed by atoms with Gasteiger partial charge in [-0.25, -0.2) is 9.18 Å². The second kappa shape index (κ2) is 10.1. The van der Waals surface area contributed by atoms with E-state index in [1.807, 2.05) is 24.1 Å². The highest BCUT2D eigenvalue weighted by Crippen LogP contribution is 2.29. The number of carbonyl (C=O) groups excluding carboxylic acids is 1. The molecule has 0 spiro atoms. The average molecular weight is 510 g/mol. The van der Waals surface area contributed by atoms with Gasteiger partial charge >= 0.3 is 6.09 Å². The van der Waals surface area contributed by atoms with E-state index in [0.29, 0.717) is 50.6 Å². The van der Waals surface area contributed by atoms with Crippen molar-refractivity contribution in [2.75, 3.05) is 74.5 Å². The number of carboxylic acid groups (broad SMARTS) is 1. The molecule has 10 nitrogen and oxygen atoms in total. The summed E-state index contributed by atoms with van der Waals surface area (Å²) in [5, 5.41) is 12.0. The number of piperazine rings is 2. The fourth-order valence-electron chi connectivity index (χ4n) is 4.70. The van der Waals surface area contributed by atoms with Crippen molar-refractivity contribution in [2.45, 2.75) is 0 Å². The molecule has 0 bridgehead atoms. The van der Waals surface area contributed by atoms with Gasteiger partial charge < -0.3 is 34.4 Å². The number of carbonyl (C=O) groups is 2. The van der Waals surface area contributed by atoms with Gasteiger partial charge in [0.05, 0.1) is 11.1 Å². The van der Waals surface area contributed by atoms with Gasteiger partial charge in [0.1, 0.15) is 5.82 Å². The molecule has 2 amide bonds. The molecule has 1 aromatic heterocycles. The summed E-state index contributed by atoms with van der Waals surface area (Å²) in [5.74, 6) is -1.28. The van der Waals surface area contributed by atoms with Gasteiger partial charge in [0.25, 0.3) is 5.91 Å². The highest BCUT2D eigenvalue weighted by Gasteiger charge is 2.23. The first-order chi connectivity index (χ1) is 17.8. The Morgan fingerprint density at radius 2 is 1.57 bits per heavy atom. The number of amides is 2. The van der Waals surface area contributed by atoms with Crippen molar-refractivity contribution in [3.63, 3.8) is 0 Å². The van der Waals surface area contributed by atoms with Crippen molar-refractivity contribution < 1.29 is 23.5 Å². The number of halogens is 1. The molecule has 2 N–H and O–H groups in total. The normalized spacial score (nSPS) is 16.8. The Hall–Kier alpha value is -4.12. The molecule has 3 heterocycles. The minimum absolute atomic E-state index is 0.0952. The lowest BCUT2D eigenvalue weighted by Gasteiger charge is -2.34. The number of nitrogens with zero attached hydrogens (tertiary/aromatic N) is 4. The topological polar surface area (TPSA) is 110 Å². The summed E-state index contributed by atoms with van der Waals surface area (Å²) in [5.41, 5.74) is 1.59. The highest BCUT2D eigenvalue weighted by atomic mass is 19.1. The molecule has 0 saturated carbocycles. The lowest BCUT2D eigenvalue weighted by molar-refractivity contribution is 0.0997. The van der Waals surface area contributed by atoms with E-state index >= 15 is 0 Å². The zero-order valence-corrected chi connectivity index (χ0v) is 20.4. The van der Waals surface area contributed by atoms with Crippen molar-refractivity contribution in [2.24, 2.45) is 0 Å². The number of benzene rings is 2. The van der Waals surface area contributed by atoms with Crippen LogP contribution in [0.4, 0.5) is 26.2 Å². The molecule has 3 aromatic rings. The first-order valence-electron chi connectivity index (χ1n) is 12.1. The number of hydrogen-bond donors (Lipinski definition) is 2. The molecule has 37 heavy (non-hydrogen) atoms. The Labute approximate surface area is 212 Å². The Balaban J connectivity index is 1.34. The second-order valence-electron chi connectivity index (χ2n) is 9.32. The van der Waals surface area contributed by atoms with Crippen molar-refractivity contribution in [3.8, 4) is 0 Å². The minimum atomic E-state index is -0.918. The molecule has 2 aliphatic heterocycles. The molecule has 0 atom stereocenters. The van der Waals surface area contributed by atoms with Crippen LogP contribution in [0, 0.1) is 5.82 Å². The van der Waals surface area contributed by atoms with E-state index in [4.69, 9.17) is 9.52 Å². The highest BCUT2D eigenvalue weighted by molar-refractivity contribution is 6.03. The van der Waals surface area contributed by atoms with Gasteiger partial charge in [-0.1, -0.05) is 0 Å². The maximum Gasteiger partial charge on any atom is 0.407 e. The number of likely N-dealkylation sites (N-methyl/N-ethyl adjacent to an activating group) is 1. The molecular formula is C26H28FN5O5. The fraction of sp³-hybridized carbons (Fsp3) is 0.346. The molecule has 194 valence electrons. The quantitative estimate of drug-likeness (QED) is 0.553. The van der Waals surface area contributed by atoms with E-state index in [-0.39, 0.29) is 16.7 Å². The second-order valence-corrected chi connectivity index (χ2v) is 9.32. The number of nitrogens with one attached hydrogen (secondary N) is 1. The summed E-state index contributed by atoms with van der Waals surface area (Å²) in [4.78, 5) is 44.5. The van der Waals surface area contributed by atoms with Gasteiger partial charge in [0.15, 0.2) is 16.8 Å². The summed E-state index contributed by atoms with van der Waals surface area (Å²) in [7, 11) is 2.01. The van der Waals surface area contributed by atoms with Gasteiger partial charge in [0.2, 0.25) is 0 Å². The zero-order chi connectivity index (χ0) is 26.1. The molecule has 0 aliphatic carbocycles. The molecular weight excluding hydrogens is 481 g/mol. The van der Waals surface area contributed by atoms with Crippen molar-refractivity contribution >= 4 is 40.0 Å². The maximum atomic E-state index is 14.3. The van der Waals surface area contributed by atoms with E-state index in [0.717, 1.165) is 30.9 Å². The third-order valence-corrected chi connectivity index (χ3v) is 6.88.